The van der Waals surface area contributed by atoms with Crippen LogP contribution in [0, 0.1) is 11.8 Å². The molecule has 1 atom stereocenters. The monoisotopic (exact) mass is 348 g/mol. The van der Waals surface area contributed by atoms with Crippen molar-refractivity contribution in [2.75, 3.05) is 20.2 Å². The molecule has 1 aromatic rings. The van der Waals surface area contributed by atoms with Gasteiger partial charge >= 0.3 is 0 Å². The number of methoxy groups -OCH3 is 1. The summed E-state index contributed by atoms with van der Waals surface area (Å²) in [6.45, 7) is 7.19. The molecule has 25 heavy (non-hydrogen) atoms. The van der Waals surface area contributed by atoms with Crippen molar-refractivity contribution in [3.63, 3.8) is 0 Å². The van der Waals surface area contributed by atoms with Crippen LogP contribution in [-0.2, 0) is 4.79 Å². The molecular formula is C19H28N2O4. The van der Waals surface area contributed by atoms with Crippen LogP contribution in [-0.4, -0.2) is 48.1 Å². The summed E-state index contributed by atoms with van der Waals surface area (Å²) in [5.41, 5.74) is 0.261. The number of nitrogens with one attached hydrogen (secondary N) is 1. The number of aromatic hydroxyl groups is 1. The molecule has 0 spiro atoms. The van der Waals surface area contributed by atoms with Gasteiger partial charge in [-0.3, -0.25) is 9.59 Å². The number of amides is 2. The number of nitrogens with zero attached hydrogens (tertiary/aromatic N) is 1. The fraction of sp³-hybridized carbons (Fsp3) is 0.579. The second kappa shape index (κ2) is 8.23. The number of phenolic OH excluding ortho intramolecular Hbond substituents is 1. The highest BCUT2D eigenvalue weighted by molar-refractivity contribution is 5.97. The van der Waals surface area contributed by atoms with E-state index in [0.29, 0.717) is 37.6 Å². The van der Waals surface area contributed by atoms with Gasteiger partial charge in [0, 0.05) is 31.1 Å². The van der Waals surface area contributed by atoms with Gasteiger partial charge in [0.1, 0.15) is 11.5 Å². The van der Waals surface area contributed by atoms with E-state index in [1.165, 1.54) is 13.2 Å². The van der Waals surface area contributed by atoms with Gasteiger partial charge in [0.2, 0.25) is 5.91 Å². The van der Waals surface area contributed by atoms with Crippen molar-refractivity contribution in [1.29, 1.82) is 0 Å². The standard InChI is InChI=1S/C19H28N2O4/c1-12(2)13(3)20-18(23)14-7-9-21(10-8-14)19(24)16-6-5-15(25-4)11-17(16)22/h5-6,11-14,22H,7-10H2,1-4H3,(H,20,23)/t13-/m0/s1. The summed E-state index contributed by atoms with van der Waals surface area (Å²) in [5.74, 6) is 0.604. The molecule has 1 aliphatic rings. The van der Waals surface area contributed by atoms with Gasteiger partial charge in [-0.2, -0.15) is 0 Å². The smallest absolute Gasteiger partial charge is 0.257 e. The molecule has 6 nitrogen and oxygen atoms in total. The summed E-state index contributed by atoms with van der Waals surface area (Å²) in [4.78, 5) is 26.6. The average molecular weight is 348 g/mol. The molecule has 1 heterocycles. The van der Waals surface area contributed by atoms with Crippen molar-refractivity contribution in [1.82, 2.24) is 10.2 Å². The normalized spacial score (nSPS) is 16.6. The highest BCUT2D eigenvalue weighted by Crippen LogP contribution is 2.26. The number of likely N-dealkylation sites (tertiary alicyclic amines) is 1. The first kappa shape index (κ1) is 19.1. The first-order valence-electron chi connectivity index (χ1n) is 8.80. The first-order chi connectivity index (χ1) is 11.8. The highest BCUT2D eigenvalue weighted by atomic mass is 16.5. The molecule has 1 aromatic carbocycles. The quantitative estimate of drug-likeness (QED) is 0.856. The zero-order valence-electron chi connectivity index (χ0n) is 15.4. The van der Waals surface area contributed by atoms with Crippen LogP contribution < -0.4 is 10.1 Å². The molecule has 1 aliphatic heterocycles. The zero-order valence-corrected chi connectivity index (χ0v) is 15.4. The summed E-state index contributed by atoms with van der Waals surface area (Å²) in [6.07, 6.45) is 1.28. The van der Waals surface area contributed by atoms with Crippen LogP contribution in [0.2, 0.25) is 0 Å². The Hall–Kier alpha value is -2.24. The third kappa shape index (κ3) is 4.65. The molecule has 2 rings (SSSR count). The van der Waals surface area contributed by atoms with Crippen molar-refractivity contribution in [3.8, 4) is 11.5 Å². The van der Waals surface area contributed by atoms with Crippen molar-refractivity contribution < 1.29 is 19.4 Å². The lowest BCUT2D eigenvalue weighted by molar-refractivity contribution is -0.127. The highest BCUT2D eigenvalue weighted by Gasteiger charge is 2.29. The van der Waals surface area contributed by atoms with Gasteiger partial charge in [-0.1, -0.05) is 13.8 Å². The maximum atomic E-state index is 12.6. The topological polar surface area (TPSA) is 78.9 Å². The minimum atomic E-state index is -0.213. The number of ether oxygens (including phenoxy) is 1. The number of phenols is 1. The van der Waals surface area contributed by atoms with Gasteiger partial charge < -0.3 is 20.1 Å². The number of rotatable bonds is 5. The van der Waals surface area contributed by atoms with Crippen LogP contribution in [0.5, 0.6) is 11.5 Å². The fourth-order valence-corrected chi connectivity index (χ4v) is 2.84. The van der Waals surface area contributed by atoms with Crippen LogP contribution in [0.3, 0.4) is 0 Å². The minimum absolute atomic E-state index is 0.0604. The molecule has 0 unspecified atom stereocenters. The van der Waals surface area contributed by atoms with E-state index in [2.05, 4.69) is 19.2 Å². The van der Waals surface area contributed by atoms with Gasteiger partial charge in [-0.25, -0.2) is 0 Å². The third-order valence-corrected chi connectivity index (χ3v) is 4.96. The van der Waals surface area contributed by atoms with Gasteiger partial charge in [0.15, 0.2) is 0 Å². The van der Waals surface area contributed by atoms with Crippen molar-refractivity contribution in [2.24, 2.45) is 11.8 Å². The van der Waals surface area contributed by atoms with Crippen molar-refractivity contribution in [3.05, 3.63) is 23.8 Å². The van der Waals surface area contributed by atoms with E-state index in [9.17, 15) is 14.7 Å². The van der Waals surface area contributed by atoms with E-state index in [-0.39, 0.29) is 35.1 Å². The Morgan fingerprint density at radius 1 is 1.24 bits per heavy atom. The van der Waals surface area contributed by atoms with Gasteiger partial charge in [0.25, 0.3) is 5.91 Å². The maximum absolute atomic E-state index is 12.6. The number of carbonyl (C=O) groups is 2. The molecule has 0 bridgehead atoms. The lowest BCUT2D eigenvalue weighted by Gasteiger charge is -2.32. The number of hydrogen-bond donors (Lipinski definition) is 2. The molecular weight excluding hydrogens is 320 g/mol. The van der Waals surface area contributed by atoms with E-state index >= 15 is 0 Å². The summed E-state index contributed by atoms with van der Waals surface area (Å²) in [7, 11) is 1.51. The van der Waals surface area contributed by atoms with E-state index in [4.69, 9.17) is 4.74 Å². The number of hydrogen-bond acceptors (Lipinski definition) is 4. The predicted molar refractivity (Wildman–Crippen MR) is 95.7 cm³/mol. The maximum Gasteiger partial charge on any atom is 0.257 e. The van der Waals surface area contributed by atoms with E-state index in [1.807, 2.05) is 6.92 Å². The molecule has 0 aromatic heterocycles. The largest absolute Gasteiger partial charge is 0.507 e. The summed E-state index contributed by atoms with van der Waals surface area (Å²) >= 11 is 0. The van der Waals surface area contributed by atoms with Gasteiger partial charge in [-0.15, -0.1) is 0 Å². The lowest BCUT2D eigenvalue weighted by atomic mass is 9.94. The van der Waals surface area contributed by atoms with Crippen LogP contribution in [0.4, 0.5) is 0 Å². The summed E-state index contributed by atoms with van der Waals surface area (Å²) < 4.78 is 5.03. The summed E-state index contributed by atoms with van der Waals surface area (Å²) in [5, 5.41) is 13.1. The van der Waals surface area contributed by atoms with E-state index < -0.39 is 0 Å². The lowest BCUT2D eigenvalue weighted by Crippen LogP contribution is -2.45. The Kier molecular flexibility index (Phi) is 6.28. The number of benzene rings is 1. The molecule has 2 N–H and O–H groups in total. The van der Waals surface area contributed by atoms with Crippen molar-refractivity contribution in [2.45, 2.75) is 39.7 Å². The van der Waals surface area contributed by atoms with Crippen LogP contribution in [0.25, 0.3) is 0 Å². The van der Waals surface area contributed by atoms with Crippen LogP contribution >= 0.6 is 0 Å². The van der Waals surface area contributed by atoms with Gasteiger partial charge in [-0.05, 0) is 37.8 Å². The van der Waals surface area contributed by atoms with E-state index in [0.717, 1.165) is 0 Å². The molecule has 0 radical (unpaired) electrons. The van der Waals surface area contributed by atoms with Crippen LogP contribution in [0.1, 0.15) is 44.0 Å². The molecule has 0 saturated carbocycles. The van der Waals surface area contributed by atoms with Gasteiger partial charge in [0.05, 0.1) is 12.7 Å². The second-order valence-electron chi connectivity index (χ2n) is 6.99. The Balaban J connectivity index is 1.93. The molecule has 1 saturated heterocycles. The zero-order chi connectivity index (χ0) is 18.6. The predicted octanol–water partition coefficient (Wildman–Crippen LogP) is 2.41. The number of carbonyl (C=O) groups excluding carboxylic acids is 2. The molecule has 0 aliphatic carbocycles. The first-order valence-corrected chi connectivity index (χ1v) is 8.80. The molecule has 6 heteroatoms. The number of piperidine rings is 1. The molecule has 138 valence electrons. The Morgan fingerprint density at radius 2 is 1.88 bits per heavy atom. The Bertz CT molecular complexity index is 622. The van der Waals surface area contributed by atoms with Crippen LogP contribution in [0.15, 0.2) is 18.2 Å². The SMILES string of the molecule is COc1ccc(C(=O)N2CCC(C(=O)N[C@@H](C)C(C)C)CC2)c(O)c1. The fourth-order valence-electron chi connectivity index (χ4n) is 2.84. The van der Waals surface area contributed by atoms with E-state index in [1.54, 1.807) is 17.0 Å². The average Bonchev–Trinajstić information content (AvgIpc) is 2.60. The Morgan fingerprint density at radius 3 is 2.40 bits per heavy atom. The molecule has 2 amide bonds. The van der Waals surface area contributed by atoms with Crippen molar-refractivity contribution >= 4 is 11.8 Å². The third-order valence-electron chi connectivity index (χ3n) is 4.96. The second-order valence-corrected chi connectivity index (χ2v) is 6.99. The molecule has 1 fully saturated rings. The minimum Gasteiger partial charge on any atom is -0.507 e. The summed E-state index contributed by atoms with van der Waals surface area (Å²) in [6, 6.07) is 4.80. The Labute approximate surface area is 149 Å².